The second kappa shape index (κ2) is 6.44. The Kier molecular flexibility index (Phi) is 3.99. The van der Waals surface area contributed by atoms with Gasteiger partial charge in [-0.2, -0.15) is 0 Å². The molecule has 0 saturated carbocycles. The van der Waals surface area contributed by atoms with Gasteiger partial charge in [-0.3, -0.25) is 0 Å². The Bertz CT molecular complexity index is 766. The van der Waals surface area contributed by atoms with Crippen LogP contribution in [-0.2, 0) is 0 Å². The van der Waals surface area contributed by atoms with E-state index in [0.29, 0.717) is 12.6 Å². The molecule has 4 rings (SSSR count). The van der Waals surface area contributed by atoms with Crippen molar-refractivity contribution in [3.63, 3.8) is 0 Å². The van der Waals surface area contributed by atoms with Gasteiger partial charge in [0.1, 0.15) is 18.1 Å². The van der Waals surface area contributed by atoms with Crippen LogP contribution < -0.4 is 4.74 Å². The molecule has 1 atom stereocenters. The zero-order valence-corrected chi connectivity index (χ0v) is 13.6. The van der Waals surface area contributed by atoms with E-state index in [1.54, 1.807) is 24.3 Å². The maximum Gasteiger partial charge on any atom is 0.119 e. The largest absolute Gasteiger partial charge is 0.508 e. The van der Waals surface area contributed by atoms with E-state index in [0.717, 1.165) is 25.1 Å². The monoisotopic (exact) mass is 319 g/mol. The molecule has 1 aromatic carbocycles. The van der Waals surface area contributed by atoms with Gasteiger partial charge in [-0.15, -0.1) is 0 Å². The lowest BCUT2D eigenvalue weighted by atomic mass is 9.88. The fraction of sp³-hybridized carbons (Fsp3) is 0.238. The van der Waals surface area contributed by atoms with E-state index in [1.807, 2.05) is 0 Å². The number of ether oxygens (including phenoxy) is 1. The van der Waals surface area contributed by atoms with Gasteiger partial charge in [-0.1, -0.05) is 36.5 Å². The van der Waals surface area contributed by atoms with Gasteiger partial charge in [0.2, 0.25) is 0 Å². The Morgan fingerprint density at radius 2 is 2.00 bits per heavy atom. The molecule has 3 heteroatoms. The van der Waals surface area contributed by atoms with Crippen LogP contribution in [0.15, 0.2) is 83.6 Å². The van der Waals surface area contributed by atoms with Crippen molar-refractivity contribution in [2.45, 2.75) is 18.9 Å². The van der Waals surface area contributed by atoms with Crippen LogP contribution in [0.1, 0.15) is 12.8 Å². The normalized spacial score (nSPS) is 21.4. The lowest BCUT2D eigenvalue weighted by Gasteiger charge is -2.39. The second-order valence-corrected chi connectivity index (χ2v) is 6.22. The predicted molar refractivity (Wildman–Crippen MR) is 95.9 cm³/mol. The number of fused-ring (bicyclic) bond motifs is 1. The van der Waals surface area contributed by atoms with Crippen molar-refractivity contribution in [1.82, 2.24) is 4.90 Å². The van der Waals surface area contributed by atoms with E-state index in [2.05, 4.69) is 47.4 Å². The Morgan fingerprint density at radius 3 is 2.88 bits per heavy atom. The van der Waals surface area contributed by atoms with Crippen molar-refractivity contribution in [3.8, 4) is 11.5 Å². The molecular formula is C21H21NO2. The molecule has 0 saturated heterocycles. The van der Waals surface area contributed by atoms with E-state index in [-0.39, 0.29) is 5.75 Å². The third-order valence-corrected chi connectivity index (χ3v) is 4.64. The lowest BCUT2D eigenvalue weighted by Crippen LogP contribution is -2.40. The van der Waals surface area contributed by atoms with Crippen molar-refractivity contribution in [3.05, 3.63) is 83.6 Å². The van der Waals surface area contributed by atoms with E-state index in [4.69, 9.17) is 4.74 Å². The van der Waals surface area contributed by atoms with Crippen LogP contribution in [0.2, 0.25) is 0 Å². The van der Waals surface area contributed by atoms with Crippen molar-refractivity contribution in [2.24, 2.45) is 0 Å². The van der Waals surface area contributed by atoms with E-state index < -0.39 is 0 Å². The Morgan fingerprint density at radius 1 is 1.12 bits per heavy atom. The minimum atomic E-state index is 0.259. The molecule has 1 heterocycles. The highest BCUT2D eigenvalue weighted by Crippen LogP contribution is 2.34. The fourth-order valence-electron chi connectivity index (χ4n) is 3.47. The summed E-state index contributed by atoms with van der Waals surface area (Å²) in [6.45, 7) is 1.43. The van der Waals surface area contributed by atoms with Gasteiger partial charge >= 0.3 is 0 Å². The van der Waals surface area contributed by atoms with Gasteiger partial charge < -0.3 is 14.7 Å². The Hall–Kier alpha value is -2.68. The van der Waals surface area contributed by atoms with Gasteiger partial charge in [0.15, 0.2) is 0 Å². The minimum absolute atomic E-state index is 0.259. The lowest BCUT2D eigenvalue weighted by molar-refractivity contribution is 0.232. The first-order chi connectivity index (χ1) is 11.8. The number of nitrogens with zero attached hydrogens (tertiary/aromatic N) is 1. The van der Waals surface area contributed by atoms with Gasteiger partial charge in [0.05, 0.1) is 12.6 Å². The Balaban J connectivity index is 1.50. The standard InChI is InChI=1S/C21H21NO2/c23-18-9-11-19(12-10-18)24-14-13-22-20-7-3-1-5-16(20)15-17-6-2-4-8-21(17)22/h1,3-5,7-12,15,20,23H,2,6,13-14H2. The number of allylic oxidation sites excluding steroid dienone is 6. The molecule has 1 aliphatic heterocycles. The number of hydrogen-bond acceptors (Lipinski definition) is 3. The maximum atomic E-state index is 9.35. The number of rotatable bonds is 4. The summed E-state index contributed by atoms with van der Waals surface area (Å²) in [5.41, 5.74) is 4.11. The number of aromatic hydroxyl groups is 1. The van der Waals surface area contributed by atoms with Crippen molar-refractivity contribution < 1.29 is 9.84 Å². The van der Waals surface area contributed by atoms with Crippen LogP contribution in [0.5, 0.6) is 11.5 Å². The Labute approximate surface area is 142 Å². The van der Waals surface area contributed by atoms with Crippen LogP contribution in [0.25, 0.3) is 0 Å². The second-order valence-electron chi connectivity index (χ2n) is 6.22. The smallest absolute Gasteiger partial charge is 0.119 e. The highest BCUT2D eigenvalue weighted by molar-refractivity contribution is 5.50. The predicted octanol–water partition coefficient (Wildman–Crippen LogP) is 4.11. The molecule has 0 spiro atoms. The van der Waals surface area contributed by atoms with Crippen LogP contribution in [0.3, 0.4) is 0 Å². The molecule has 2 aliphatic carbocycles. The number of benzene rings is 1. The first-order valence-corrected chi connectivity index (χ1v) is 8.46. The molecule has 1 aromatic rings. The third kappa shape index (κ3) is 2.90. The zero-order valence-electron chi connectivity index (χ0n) is 13.6. The van der Waals surface area contributed by atoms with Crippen molar-refractivity contribution in [1.29, 1.82) is 0 Å². The van der Waals surface area contributed by atoms with Crippen LogP contribution in [0.4, 0.5) is 0 Å². The summed E-state index contributed by atoms with van der Waals surface area (Å²) in [7, 11) is 0. The summed E-state index contributed by atoms with van der Waals surface area (Å²) in [6, 6.07) is 7.18. The minimum Gasteiger partial charge on any atom is -0.508 e. The van der Waals surface area contributed by atoms with Crippen LogP contribution >= 0.6 is 0 Å². The van der Waals surface area contributed by atoms with Crippen LogP contribution in [0, 0.1) is 0 Å². The first-order valence-electron chi connectivity index (χ1n) is 8.46. The number of hydrogen-bond donors (Lipinski definition) is 1. The maximum absolute atomic E-state index is 9.35. The number of phenolic OH excluding ortho intramolecular Hbond substituents is 1. The summed E-state index contributed by atoms with van der Waals surface area (Å²) in [5.74, 6) is 1.04. The van der Waals surface area contributed by atoms with Crippen molar-refractivity contribution >= 4 is 0 Å². The van der Waals surface area contributed by atoms with E-state index in [1.165, 1.54) is 16.8 Å². The van der Waals surface area contributed by atoms with E-state index >= 15 is 0 Å². The van der Waals surface area contributed by atoms with Gasteiger partial charge in [-0.25, -0.2) is 0 Å². The average Bonchev–Trinajstić information content (AvgIpc) is 2.63. The molecular weight excluding hydrogens is 298 g/mol. The summed E-state index contributed by atoms with van der Waals surface area (Å²) < 4.78 is 5.86. The zero-order chi connectivity index (χ0) is 16.4. The molecule has 1 unspecified atom stereocenters. The molecule has 0 aromatic heterocycles. The molecule has 0 fully saturated rings. The molecule has 0 bridgehead atoms. The average molecular weight is 319 g/mol. The topological polar surface area (TPSA) is 32.7 Å². The molecule has 0 amide bonds. The summed E-state index contributed by atoms with van der Waals surface area (Å²) in [6.07, 6.45) is 17.8. The SMILES string of the molecule is Oc1ccc(OCCN2C3=C(C=C4C=CC=CC42)CCC=C3)cc1. The number of phenols is 1. The molecule has 3 aliphatic rings. The summed E-state index contributed by atoms with van der Waals surface area (Å²) in [5, 5.41) is 9.35. The highest BCUT2D eigenvalue weighted by atomic mass is 16.5. The highest BCUT2D eigenvalue weighted by Gasteiger charge is 2.28. The molecule has 0 radical (unpaired) electrons. The molecule has 24 heavy (non-hydrogen) atoms. The van der Waals surface area contributed by atoms with E-state index in [9.17, 15) is 5.11 Å². The van der Waals surface area contributed by atoms with Gasteiger partial charge in [-0.05, 0) is 54.3 Å². The van der Waals surface area contributed by atoms with Gasteiger partial charge in [0, 0.05) is 5.70 Å². The fourth-order valence-corrected chi connectivity index (χ4v) is 3.47. The van der Waals surface area contributed by atoms with Gasteiger partial charge in [0.25, 0.3) is 0 Å². The quantitative estimate of drug-likeness (QED) is 0.906. The first kappa shape index (κ1) is 14.9. The molecule has 122 valence electrons. The third-order valence-electron chi connectivity index (χ3n) is 4.64. The van der Waals surface area contributed by atoms with Crippen LogP contribution in [-0.4, -0.2) is 29.2 Å². The molecule has 3 nitrogen and oxygen atoms in total. The summed E-state index contributed by atoms with van der Waals surface area (Å²) in [4.78, 5) is 2.43. The summed E-state index contributed by atoms with van der Waals surface area (Å²) >= 11 is 0. The molecule has 1 N–H and O–H groups in total. The van der Waals surface area contributed by atoms with Crippen molar-refractivity contribution in [2.75, 3.05) is 13.2 Å².